The molecule has 0 amide bonds. The molecule has 0 radical (unpaired) electrons. The molecule has 0 aromatic carbocycles. The lowest BCUT2D eigenvalue weighted by Gasteiger charge is -2.02. The van der Waals surface area contributed by atoms with Crippen LogP contribution in [0.5, 0.6) is 0 Å². The van der Waals surface area contributed by atoms with E-state index in [0.717, 1.165) is 0 Å². The predicted molar refractivity (Wildman–Crippen MR) is 53.7 cm³/mol. The second kappa shape index (κ2) is 3.79. The minimum atomic E-state index is -3.79. The summed E-state index contributed by atoms with van der Waals surface area (Å²) in [4.78, 5) is 3.72. The first kappa shape index (κ1) is 10.7. The topological polar surface area (TPSA) is 85.1 Å². The molecule has 0 spiro atoms. The first-order valence-corrected chi connectivity index (χ1v) is 5.72. The summed E-state index contributed by atoms with van der Waals surface area (Å²) in [6, 6.07) is 1.34. The van der Waals surface area contributed by atoms with Crippen molar-refractivity contribution in [1.82, 2.24) is 4.98 Å². The number of hydrogen-bond donors (Lipinski definition) is 2. The van der Waals surface area contributed by atoms with E-state index in [-0.39, 0.29) is 5.82 Å². The lowest BCUT2D eigenvalue weighted by atomic mass is 10.5. The number of nitrogens with zero attached hydrogens (tertiary/aromatic N) is 1. The molecule has 5 nitrogen and oxygen atoms in total. The molecule has 0 atom stereocenters. The number of aromatic nitrogens is 1. The molecule has 0 fully saturated rings. The summed E-state index contributed by atoms with van der Waals surface area (Å²) in [5, 5.41) is 5.07. The normalized spacial score (nSPS) is 11.3. The second-order valence-corrected chi connectivity index (χ2v) is 4.69. The number of rotatable bonds is 2. The number of hydrogen-bond acceptors (Lipinski definition) is 3. The van der Waals surface area contributed by atoms with Crippen LogP contribution in [-0.2, 0) is 10.2 Å². The van der Waals surface area contributed by atoms with Crippen molar-refractivity contribution in [3.63, 3.8) is 0 Å². The minimum Gasteiger partial charge on any atom is -0.255 e. The van der Waals surface area contributed by atoms with E-state index in [1.807, 2.05) is 4.72 Å². The molecule has 72 valence electrons. The quantitative estimate of drug-likeness (QED) is 0.854. The third kappa shape index (κ3) is 3.47. The van der Waals surface area contributed by atoms with E-state index in [0.29, 0.717) is 9.50 Å². The van der Waals surface area contributed by atoms with Gasteiger partial charge in [0.05, 0.1) is 9.50 Å². The van der Waals surface area contributed by atoms with E-state index < -0.39 is 10.2 Å². The van der Waals surface area contributed by atoms with Crippen molar-refractivity contribution in [2.75, 3.05) is 4.72 Å². The smallest absolute Gasteiger partial charge is 0.255 e. The van der Waals surface area contributed by atoms with E-state index in [1.165, 1.54) is 12.3 Å². The van der Waals surface area contributed by atoms with Gasteiger partial charge in [-0.3, -0.25) is 4.72 Å². The van der Waals surface area contributed by atoms with Gasteiger partial charge in [0.25, 0.3) is 10.2 Å². The van der Waals surface area contributed by atoms with Gasteiger partial charge in [-0.05, 0) is 15.9 Å². The fourth-order valence-electron chi connectivity index (χ4n) is 0.616. The van der Waals surface area contributed by atoms with E-state index in [1.54, 1.807) is 0 Å². The zero-order valence-electron chi connectivity index (χ0n) is 6.16. The van der Waals surface area contributed by atoms with Crippen molar-refractivity contribution in [2.45, 2.75) is 0 Å². The van der Waals surface area contributed by atoms with Crippen molar-refractivity contribution < 1.29 is 8.42 Å². The van der Waals surface area contributed by atoms with Crippen LogP contribution >= 0.6 is 27.5 Å². The third-order valence-electron chi connectivity index (χ3n) is 1.06. The van der Waals surface area contributed by atoms with Crippen LogP contribution < -0.4 is 9.86 Å². The molecule has 0 unspecified atom stereocenters. The van der Waals surface area contributed by atoms with Crippen LogP contribution in [0.2, 0.25) is 5.02 Å². The molecule has 0 saturated carbocycles. The highest BCUT2D eigenvalue weighted by Crippen LogP contribution is 2.23. The fourth-order valence-corrected chi connectivity index (χ4v) is 1.39. The molecule has 13 heavy (non-hydrogen) atoms. The number of halogens is 2. The maximum atomic E-state index is 10.6. The lowest BCUT2D eigenvalue weighted by molar-refractivity contribution is 0.602. The van der Waals surface area contributed by atoms with Crippen LogP contribution in [-0.4, -0.2) is 13.4 Å². The molecule has 0 aliphatic heterocycles. The first-order chi connectivity index (χ1) is 5.88. The van der Waals surface area contributed by atoms with E-state index >= 15 is 0 Å². The highest BCUT2D eigenvalue weighted by atomic mass is 79.9. The fraction of sp³-hybridized carbons (Fsp3) is 0. The van der Waals surface area contributed by atoms with Crippen molar-refractivity contribution in [2.24, 2.45) is 5.14 Å². The zero-order chi connectivity index (χ0) is 10.1. The van der Waals surface area contributed by atoms with Gasteiger partial charge in [-0.15, -0.1) is 0 Å². The van der Waals surface area contributed by atoms with Gasteiger partial charge in [-0.1, -0.05) is 11.6 Å². The van der Waals surface area contributed by atoms with Crippen LogP contribution in [0.4, 0.5) is 5.82 Å². The molecule has 0 saturated heterocycles. The molecule has 0 aliphatic carbocycles. The summed E-state index contributed by atoms with van der Waals surface area (Å²) in [6.07, 6.45) is 1.37. The van der Waals surface area contributed by atoms with Crippen LogP contribution in [0.25, 0.3) is 0 Å². The van der Waals surface area contributed by atoms with Crippen molar-refractivity contribution in [3.8, 4) is 0 Å². The van der Waals surface area contributed by atoms with Gasteiger partial charge >= 0.3 is 0 Å². The molecule has 1 aromatic rings. The molecular formula is C5H5BrClN3O2S. The van der Waals surface area contributed by atoms with Crippen molar-refractivity contribution in [1.29, 1.82) is 0 Å². The van der Waals surface area contributed by atoms with Crippen LogP contribution in [0.15, 0.2) is 16.7 Å². The Bertz CT molecular complexity index is 422. The van der Waals surface area contributed by atoms with Crippen molar-refractivity contribution in [3.05, 3.63) is 21.8 Å². The molecule has 0 bridgehead atoms. The zero-order valence-corrected chi connectivity index (χ0v) is 9.32. The Labute approximate surface area is 88.6 Å². The average Bonchev–Trinajstić information content (AvgIpc) is 1.94. The van der Waals surface area contributed by atoms with Crippen molar-refractivity contribution >= 4 is 43.6 Å². The summed E-state index contributed by atoms with van der Waals surface area (Å²) < 4.78 is 23.7. The van der Waals surface area contributed by atoms with Gasteiger partial charge in [-0.2, -0.15) is 8.42 Å². The Morgan fingerprint density at radius 3 is 2.69 bits per heavy atom. The number of nitrogens with one attached hydrogen (secondary N) is 1. The number of anilines is 1. The standard InChI is InChI=1S/C5H5BrClN3O2S/c6-3-2-9-5(1-4(3)7)10-13(8,11)12/h1-2H,(H,9,10)(H2,8,11,12). The van der Waals surface area contributed by atoms with Gasteiger partial charge in [0.2, 0.25) is 0 Å². The Balaban J connectivity index is 2.99. The number of pyridine rings is 1. The minimum absolute atomic E-state index is 0.0794. The van der Waals surface area contributed by atoms with E-state index in [9.17, 15) is 8.42 Å². The van der Waals surface area contributed by atoms with Gasteiger partial charge in [-0.25, -0.2) is 10.1 Å². The summed E-state index contributed by atoms with van der Waals surface area (Å²) in [7, 11) is -3.79. The summed E-state index contributed by atoms with van der Waals surface area (Å²) >= 11 is 8.79. The predicted octanol–water partition coefficient (Wildman–Crippen LogP) is 1.11. The average molecular weight is 287 g/mol. The molecular weight excluding hydrogens is 281 g/mol. The highest BCUT2D eigenvalue weighted by molar-refractivity contribution is 9.10. The van der Waals surface area contributed by atoms with E-state index in [4.69, 9.17) is 16.7 Å². The van der Waals surface area contributed by atoms with Gasteiger partial charge < -0.3 is 0 Å². The maximum absolute atomic E-state index is 10.6. The number of nitrogens with two attached hydrogens (primary N) is 1. The monoisotopic (exact) mass is 285 g/mol. The Morgan fingerprint density at radius 2 is 2.23 bits per heavy atom. The molecule has 0 aliphatic rings. The SMILES string of the molecule is NS(=O)(=O)Nc1cc(Cl)c(Br)cn1. The third-order valence-corrected chi connectivity index (χ3v) is 2.72. The molecule has 1 rings (SSSR count). The molecule has 3 N–H and O–H groups in total. The van der Waals surface area contributed by atoms with Gasteiger partial charge in [0, 0.05) is 12.3 Å². The molecule has 1 aromatic heterocycles. The maximum Gasteiger partial charge on any atom is 0.297 e. The van der Waals surface area contributed by atoms with E-state index in [2.05, 4.69) is 20.9 Å². The Hall–Kier alpha value is -0.370. The van der Waals surface area contributed by atoms with Crippen LogP contribution in [0, 0.1) is 0 Å². The second-order valence-electron chi connectivity index (χ2n) is 2.13. The summed E-state index contributed by atoms with van der Waals surface area (Å²) in [5.41, 5.74) is 0. The Morgan fingerprint density at radius 1 is 1.62 bits per heavy atom. The molecule has 8 heteroatoms. The van der Waals surface area contributed by atoms with Gasteiger partial charge in [0.15, 0.2) is 0 Å². The summed E-state index contributed by atoms with van der Waals surface area (Å²) in [5.74, 6) is 0.0794. The first-order valence-electron chi connectivity index (χ1n) is 3.00. The Kier molecular flexibility index (Phi) is 3.12. The largest absolute Gasteiger partial charge is 0.297 e. The highest BCUT2D eigenvalue weighted by Gasteiger charge is 2.05. The summed E-state index contributed by atoms with van der Waals surface area (Å²) in [6.45, 7) is 0. The van der Waals surface area contributed by atoms with Crippen LogP contribution in [0.3, 0.4) is 0 Å². The van der Waals surface area contributed by atoms with Gasteiger partial charge in [0.1, 0.15) is 5.82 Å². The lowest BCUT2D eigenvalue weighted by Crippen LogP contribution is -2.22. The van der Waals surface area contributed by atoms with Crippen LogP contribution in [0.1, 0.15) is 0 Å². The molecule has 1 heterocycles.